The predicted molar refractivity (Wildman–Crippen MR) is 122 cm³/mol. The van der Waals surface area contributed by atoms with Crippen LogP contribution < -0.4 is 10.6 Å². The number of hydrogen-bond acceptors (Lipinski definition) is 4. The Morgan fingerprint density at radius 1 is 0.938 bits per heavy atom. The third kappa shape index (κ3) is 6.20. The number of amides is 2. The van der Waals surface area contributed by atoms with Gasteiger partial charge in [-0.25, -0.2) is 4.79 Å². The molecule has 32 heavy (non-hydrogen) atoms. The maximum atomic E-state index is 13.3. The molecule has 0 bridgehead atoms. The minimum absolute atomic E-state index is 0.0893. The van der Waals surface area contributed by atoms with Crippen molar-refractivity contribution in [2.75, 3.05) is 0 Å². The molecule has 1 aromatic heterocycles. The lowest BCUT2D eigenvalue weighted by molar-refractivity contribution is -0.123. The van der Waals surface area contributed by atoms with Crippen LogP contribution in [0.1, 0.15) is 42.8 Å². The molecule has 0 spiro atoms. The molecule has 2 unspecified atom stereocenters. The molecule has 3 rings (SSSR count). The SMILES string of the molecule is CC(C)CC(NC(=O)O)C(=O)NC(CCc1ccccc1)C(=O)c1cc2ccccc2o1. The van der Waals surface area contributed by atoms with Gasteiger partial charge in [0.05, 0.1) is 6.04 Å². The number of para-hydroxylation sites is 1. The predicted octanol–water partition coefficient (Wildman–Crippen LogP) is 4.42. The van der Waals surface area contributed by atoms with Crippen molar-refractivity contribution in [1.29, 1.82) is 0 Å². The number of ketones is 1. The van der Waals surface area contributed by atoms with Crippen molar-refractivity contribution in [2.45, 2.75) is 45.2 Å². The van der Waals surface area contributed by atoms with Crippen LogP contribution in [0.4, 0.5) is 4.79 Å². The summed E-state index contributed by atoms with van der Waals surface area (Å²) in [6.07, 6.45) is -0.0377. The maximum absolute atomic E-state index is 13.3. The first kappa shape index (κ1) is 23.1. The van der Waals surface area contributed by atoms with E-state index in [1.54, 1.807) is 12.1 Å². The van der Waals surface area contributed by atoms with Crippen LogP contribution in [-0.2, 0) is 11.2 Å². The van der Waals surface area contributed by atoms with Gasteiger partial charge in [0.2, 0.25) is 11.7 Å². The summed E-state index contributed by atoms with van der Waals surface area (Å²) in [5.74, 6) is -0.615. The Bertz CT molecular complexity index is 1040. The van der Waals surface area contributed by atoms with Gasteiger partial charge >= 0.3 is 6.09 Å². The van der Waals surface area contributed by atoms with E-state index in [0.29, 0.717) is 24.8 Å². The third-order valence-electron chi connectivity index (χ3n) is 5.19. The molecule has 168 valence electrons. The Kier molecular flexibility index (Phi) is 7.65. The lowest BCUT2D eigenvalue weighted by Gasteiger charge is -2.22. The van der Waals surface area contributed by atoms with Gasteiger partial charge in [0.1, 0.15) is 11.6 Å². The summed E-state index contributed by atoms with van der Waals surface area (Å²) in [4.78, 5) is 37.4. The van der Waals surface area contributed by atoms with Crippen molar-refractivity contribution in [1.82, 2.24) is 10.6 Å². The third-order valence-corrected chi connectivity index (χ3v) is 5.19. The second-order valence-electron chi connectivity index (χ2n) is 8.23. The number of Topliss-reactive ketones (excluding diaryl/α,β-unsaturated/α-hetero) is 1. The fraction of sp³-hybridized carbons (Fsp3) is 0.320. The highest BCUT2D eigenvalue weighted by Gasteiger charge is 2.29. The van der Waals surface area contributed by atoms with Crippen molar-refractivity contribution in [3.63, 3.8) is 0 Å². The van der Waals surface area contributed by atoms with E-state index in [9.17, 15) is 14.4 Å². The molecule has 2 aromatic carbocycles. The van der Waals surface area contributed by atoms with E-state index >= 15 is 0 Å². The van der Waals surface area contributed by atoms with Crippen LogP contribution in [0, 0.1) is 5.92 Å². The fourth-order valence-corrected chi connectivity index (χ4v) is 3.62. The molecule has 0 saturated carbocycles. The van der Waals surface area contributed by atoms with Gasteiger partial charge in [-0.3, -0.25) is 9.59 Å². The molecule has 0 radical (unpaired) electrons. The average Bonchev–Trinajstić information content (AvgIpc) is 3.20. The second kappa shape index (κ2) is 10.6. The van der Waals surface area contributed by atoms with Gasteiger partial charge in [0, 0.05) is 5.39 Å². The first-order valence-electron chi connectivity index (χ1n) is 10.7. The minimum atomic E-state index is -1.28. The van der Waals surface area contributed by atoms with Crippen LogP contribution in [0.5, 0.6) is 0 Å². The number of furan rings is 1. The number of aryl methyl sites for hydroxylation is 1. The number of carbonyl (C=O) groups excluding carboxylic acids is 2. The molecule has 2 amide bonds. The van der Waals surface area contributed by atoms with Crippen molar-refractivity contribution in [3.05, 3.63) is 72.0 Å². The highest BCUT2D eigenvalue weighted by atomic mass is 16.4. The largest absolute Gasteiger partial charge is 0.465 e. The Balaban J connectivity index is 1.82. The van der Waals surface area contributed by atoms with Gasteiger partial charge in [-0.1, -0.05) is 62.4 Å². The Labute approximate surface area is 186 Å². The smallest absolute Gasteiger partial charge is 0.405 e. The number of nitrogens with one attached hydrogen (secondary N) is 2. The summed E-state index contributed by atoms with van der Waals surface area (Å²) >= 11 is 0. The molecule has 0 aliphatic carbocycles. The van der Waals surface area contributed by atoms with Crippen molar-refractivity contribution in [3.8, 4) is 0 Å². The van der Waals surface area contributed by atoms with Crippen LogP contribution >= 0.6 is 0 Å². The fourth-order valence-electron chi connectivity index (χ4n) is 3.62. The standard InChI is InChI=1S/C25H28N2O5/c1-16(2)14-20(27-25(30)31)24(29)26-19(13-12-17-8-4-3-5-9-17)23(28)22-15-18-10-6-7-11-21(18)32-22/h3-11,15-16,19-20,27H,12-14H2,1-2H3,(H,26,29)(H,30,31). The molecule has 0 aliphatic rings. The van der Waals surface area contributed by atoms with Crippen LogP contribution in [0.3, 0.4) is 0 Å². The average molecular weight is 437 g/mol. The summed E-state index contributed by atoms with van der Waals surface area (Å²) in [6.45, 7) is 3.80. The first-order valence-corrected chi connectivity index (χ1v) is 10.7. The summed E-state index contributed by atoms with van der Waals surface area (Å²) < 4.78 is 5.72. The molecule has 0 saturated heterocycles. The zero-order chi connectivity index (χ0) is 23.1. The van der Waals surface area contributed by atoms with E-state index in [0.717, 1.165) is 10.9 Å². The normalized spacial score (nSPS) is 13.0. The van der Waals surface area contributed by atoms with E-state index in [4.69, 9.17) is 9.52 Å². The summed E-state index contributed by atoms with van der Waals surface area (Å²) in [5, 5.41) is 15.0. The zero-order valence-electron chi connectivity index (χ0n) is 18.2. The highest BCUT2D eigenvalue weighted by molar-refractivity contribution is 6.03. The number of hydrogen-bond donors (Lipinski definition) is 3. The van der Waals surface area contributed by atoms with Crippen LogP contribution in [0.15, 0.2) is 65.1 Å². The summed E-state index contributed by atoms with van der Waals surface area (Å²) in [7, 11) is 0. The molecule has 0 fully saturated rings. The lowest BCUT2D eigenvalue weighted by Crippen LogP contribution is -2.51. The molecular weight excluding hydrogens is 408 g/mol. The van der Waals surface area contributed by atoms with Crippen LogP contribution in [-0.4, -0.2) is 35.0 Å². The van der Waals surface area contributed by atoms with Gasteiger partial charge in [-0.15, -0.1) is 0 Å². The summed E-state index contributed by atoms with van der Waals surface area (Å²) in [5.41, 5.74) is 1.63. The molecule has 3 aromatic rings. The van der Waals surface area contributed by atoms with Crippen LogP contribution in [0.2, 0.25) is 0 Å². The number of carbonyl (C=O) groups is 3. The van der Waals surface area contributed by atoms with E-state index in [1.807, 2.05) is 62.4 Å². The van der Waals surface area contributed by atoms with Gasteiger partial charge in [-0.2, -0.15) is 0 Å². The second-order valence-corrected chi connectivity index (χ2v) is 8.23. The van der Waals surface area contributed by atoms with Crippen molar-refractivity contribution >= 4 is 28.8 Å². The first-order chi connectivity index (χ1) is 15.3. The summed E-state index contributed by atoms with van der Waals surface area (Å²) in [6, 6.07) is 16.8. The number of rotatable bonds is 10. The Morgan fingerprint density at radius 2 is 1.62 bits per heavy atom. The zero-order valence-corrected chi connectivity index (χ0v) is 18.2. The van der Waals surface area contributed by atoms with Crippen molar-refractivity contribution in [2.24, 2.45) is 5.92 Å². The lowest BCUT2D eigenvalue weighted by atomic mass is 9.98. The molecule has 0 aliphatic heterocycles. The molecule has 3 N–H and O–H groups in total. The number of carboxylic acid groups (broad SMARTS) is 1. The highest BCUT2D eigenvalue weighted by Crippen LogP contribution is 2.21. The minimum Gasteiger partial charge on any atom is -0.465 e. The maximum Gasteiger partial charge on any atom is 0.405 e. The quantitative estimate of drug-likeness (QED) is 0.408. The molecule has 7 nitrogen and oxygen atoms in total. The Morgan fingerprint density at radius 3 is 2.28 bits per heavy atom. The number of fused-ring (bicyclic) bond motifs is 1. The van der Waals surface area contributed by atoms with Gasteiger partial charge in [0.25, 0.3) is 0 Å². The van der Waals surface area contributed by atoms with E-state index in [2.05, 4.69) is 10.6 Å². The molecule has 7 heteroatoms. The molecule has 2 atom stereocenters. The van der Waals surface area contributed by atoms with E-state index in [1.165, 1.54) is 0 Å². The molecule has 1 heterocycles. The van der Waals surface area contributed by atoms with Gasteiger partial charge in [0.15, 0.2) is 5.76 Å². The van der Waals surface area contributed by atoms with E-state index < -0.39 is 24.1 Å². The molecular formula is C25H28N2O5. The monoisotopic (exact) mass is 436 g/mol. The number of benzene rings is 2. The van der Waals surface area contributed by atoms with Gasteiger partial charge < -0.3 is 20.2 Å². The topological polar surface area (TPSA) is 109 Å². The van der Waals surface area contributed by atoms with Gasteiger partial charge in [-0.05, 0) is 42.9 Å². The van der Waals surface area contributed by atoms with Crippen molar-refractivity contribution < 1.29 is 23.9 Å². The Hall–Kier alpha value is -3.61. The van der Waals surface area contributed by atoms with Crippen LogP contribution in [0.25, 0.3) is 11.0 Å². The van der Waals surface area contributed by atoms with E-state index in [-0.39, 0.29) is 17.5 Å².